The standard InChI is InChI=1S/C15H15N5/c1-2-8-20(9-3-1)13-10-18-15-12(19-13)5-4-11-14(15)17-7-6-16-11/h4-7,10H,1-3,8-9H2. The molecule has 1 fully saturated rings. The van der Waals surface area contributed by atoms with Crippen LogP contribution in [0, 0.1) is 0 Å². The predicted molar refractivity (Wildman–Crippen MR) is 78.7 cm³/mol. The van der Waals surface area contributed by atoms with Crippen molar-refractivity contribution in [2.75, 3.05) is 18.0 Å². The number of nitrogens with zero attached hydrogens (tertiary/aromatic N) is 5. The first-order valence-electron chi connectivity index (χ1n) is 7.03. The van der Waals surface area contributed by atoms with Gasteiger partial charge in [-0.15, -0.1) is 0 Å². The Morgan fingerprint density at radius 1 is 0.800 bits per heavy atom. The van der Waals surface area contributed by atoms with E-state index < -0.39 is 0 Å². The maximum atomic E-state index is 4.74. The lowest BCUT2D eigenvalue weighted by Gasteiger charge is -2.27. The number of hydrogen-bond acceptors (Lipinski definition) is 5. The van der Waals surface area contributed by atoms with Gasteiger partial charge in [-0.3, -0.25) is 9.97 Å². The van der Waals surface area contributed by atoms with Gasteiger partial charge in [-0.1, -0.05) is 0 Å². The molecular formula is C15H15N5. The van der Waals surface area contributed by atoms with Crippen molar-refractivity contribution in [3.63, 3.8) is 0 Å². The van der Waals surface area contributed by atoms with E-state index in [1.807, 2.05) is 18.3 Å². The third-order valence-electron chi connectivity index (χ3n) is 3.82. The van der Waals surface area contributed by atoms with Gasteiger partial charge in [0.15, 0.2) is 0 Å². The van der Waals surface area contributed by atoms with Crippen molar-refractivity contribution in [1.29, 1.82) is 0 Å². The molecule has 3 aromatic rings. The van der Waals surface area contributed by atoms with Crippen molar-refractivity contribution in [2.45, 2.75) is 19.3 Å². The van der Waals surface area contributed by atoms with Crippen molar-refractivity contribution < 1.29 is 0 Å². The van der Waals surface area contributed by atoms with Gasteiger partial charge in [0, 0.05) is 25.5 Å². The van der Waals surface area contributed by atoms with E-state index in [2.05, 4.69) is 19.9 Å². The molecule has 0 aliphatic carbocycles. The summed E-state index contributed by atoms with van der Waals surface area (Å²) in [5, 5.41) is 0. The molecule has 0 radical (unpaired) electrons. The molecule has 0 atom stereocenters. The number of benzene rings is 1. The van der Waals surface area contributed by atoms with Gasteiger partial charge in [0.1, 0.15) is 16.9 Å². The lowest BCUT2D eigenvalue weighted by molar-refractivity contribution is 0.573. The molecule has 1 aliphatic heterocycles. The van der Waals surface area contributed by atoms with Gasteiger partial charge < -0.3 is 4.90 Å². The Labute approximate surface area is 116 Å². The maximum Gasteiger partial charge on any atom is 0.147 e. The third kappa shape index (κ3) is 1.86. The van der Waals surface area contributed by atoms with E-state index in [1.54, 1.807) is 12.4 Å². The van der Waals surface area contributed by atoms with Crippen LogP contribution in [0.25, 0.3) is 22.1 Å². The van der Waals surface area contributed by atoms with E-state index in [0.717, 1.165) is 41.0 Å². The summed E-state index contributed by atoms with van der Waals surface area (Å²) in [5.74, 6) is 0.973. The first kappa shape index (κ1) is 11.5. The van der Waals surface area contributed by atoms with Crippen LogP contribution >= 0.6 is 0 Å². The lowest BCUT2D eigenvalue weighted by Crippen LogP contribution is -2.30. The van der Waals surface area contributed by atoms with Crippen LogP contribution in [-0.2, 0) is 0 Å². The Hall–Kier alpha value is -2.30. The van der Waals surface area contributed by atoms with Crippen LogP contribution in [0.4, 0.5) is 5.82 Å². The highest BCUT2D eigenvalue weighted by Crippen LogP contribution is 2.23. The largest absolute Gasteiger partial charge is 0.355 e. The van der Waals surface area contributed by atoms with Gasteiger partial charge in [-0.25, -0.2) is 9.97 Å². The molecule has 100 valence electrons. The van der Waals surface area contributed by atoms with Gasteiger partial charge in [0.2, 0.25) is 0 Å². The molecule has 0 unspecified atom stereocenters. The normalized spacial score (nSPS) is 15.9. The number of aromatic nitrogens is 4. The van der Waals surface area contributed by atoms with Crippen molar-refractivity contribution in [3.05, 3.63) is 30.7 Å². The molecule has 1 aliphatic rings. The van der Waals surface area contributed by atoms with Gasteiger partial charge in [-0.2, -0.15) is 0 Å². The van der Waals surface area contributed by atoms with Gasteiger partial charge >= 0.3 is 0 Å². The quantitative estimate of drug-likeness (QED) is 0.633. The minimum atomic E-state index is 0.822. The molecule has 4 rings (SSSR count). The Bertz CT molecular complexity index is 764. The van der Waals surface area contributed by atoms with Crippen LogP contribution in [0.3, 0.4) is 0 Å². The second kappa shape index (κ2) is 4.67. The van der Waals surface area contributed by atoms with E-state index in [-0.39, 0.29) is 0 Å². The SMILES string of the molecule is c1cnc2c(ccc3nc(N4CCCCC4)cnc32)n1. The van der Waals surface area contributed by atoms with Crippen LogP contribution < -0.4 is 4.90 Å². The second-order valence-electron chi connectivity index (χ2n) is 5.13. The lowest BCUT2D eigenvalue weighted by atomic mass is 10.1. The van der Waals surface area contributed by atoms with E-state index >= 15 is 0 Å². The maximum absolute atomic E-state index is 4.74. The second-order valence-corrected chi connectivity index (χ2v) is 5.13. The highest BCUT2D eigenvalue weighted by atomic mass is 15.2. The first-order valence-corrected chi connectivity index (χ1v) is 7.03. The average Bonchev–Trinajstić information content (AvgIpc) is 2.55. The molecule has 3 heterocycles. The van der Waals surface area contributed by atoms with E-state index in [0.29, 0.717) is 0 Å². The molecule has 0 amide bonds. The Balaban J connectivity index is 1.85. The number of hydrogen-bond donors (Lipinski definition) is 0. The molecule has 20 heavy (non-hydrogen) atoms. The van der Waals surface area contributed by atoms with Crippen LogP contribution in [-0.4, -0.2) is 33.0 Å². The molecule has 0 spiro atoms. The highest BCUT2D eigenvalue weighted by molar-refractivity contribution is 5.99. The van der Waals surface area contributed by atoms with Crippen LogP contribution in [0.5, 0.6) is 0 Å². The molecule has 1 saturated heterocycles. The van der Waals surface area contributed by atoms with Crippen LogP contribution in [0.1, 0.15) is 19.3 Å². The molecule has 5 heteroatoms. The summed E-state index contributed by atoms with van der Waals surface area (Å²) in [6.07, 6.45) is 9.05. The molecule has 0 N–H and O–H groups in total. The summed E-state index contributed by atoms with van der Waals surface area (Å²) in [6, 6.07) is 3.94. The van der Waals surface area contributed by atoms with Crippen LogP contribution in [0.15, 0.2) is 30.7 Å². The van der Waals surface area contributed by atoms with Gasteiger partial charge in [0.05, 0.1) is 17.2 Å². The zero-order chi connectivity index (χ0) is 13.4. The summed E-state index contributed by atoms with van der Waals surface area (Å²) in [4.78, 5) is 20.3. The third-order valence-corrected chi connectivity index (χ3v) is 3.82. The average molecular weight is 265 g/mol. The van der Waals surface area contributed by atoms with Crippen molar-refractivity contribution in [3.8, 4) is 0 Å². The zero-order valence-electron chi connectivity index (χ0n) is 11.2. The van der Waals surface area contributed by atoms with Crippen molar-refractivity contribution in [2.24, 2.45) is 0 Å². The first-order chi connectivity index (χ1) is 9.92. The fourth-order valence-electron chi connectivity index (χ4n) is 2.78. The molecule has 2 aromatic heterocycles. The summed E-state index contributed by atoms with van der Waals surface area (Å²) >= 11 is 0. The molecular weight excluding hydrogens is 250 g/mol. The minimum Gasteiger partial charge on any atom is -0.355 e. The zero-order valence-corrected chi connectivity index (χ0v) is 11.2. The van der Waals surface area contributed by atoms with Crippen LogP contribution in [0.2, 0.25) is 0 Å². The van der Waals surface area contributed by atoms with E-state index in [9.17, 15) is 0 Å². The summed E-state index contributed by atoms with van der Waals surface area (Å²) < 4.78 is 0. The predicted octanol–water partition coefficient (Wildman–Crippen LogP) is 2.56. The minimum absolute atomic E-state index is 0.822. The van der Waals surface area contributed by atoms with Crippen molar-refractivity contribution in [1.82, 2.24) is 19.9 Å². The van der Waals surface area contributed by atoms with E-state index in [4.69, 9.17) is 4.98 Å². The van der Waals surface area contributed by atoms with Crippen molar-refractivity contribution >= 4 is 27.9 Å². The number of fused-ring (bicyclic) bond motifs is 3. The summed E-state index contributed by atoms with van der Waals surface area (Å²) in [7, 11) is 0. The topological polar surface area (TPSA) is 54.8 Å². The Morgan fingerprint density at radius 3 is 2.45 bits per heavy atom. The summed E-state index contributed by atoms with van der Waals surface area (Å²) in [6.45, 7) is 2.15. The van der Waals surface area contributed by atoms with E-state index in [1.165, 1.54) is 19.3 Å². The Morgan fingerprint density at radius 2 is 1.55 bits per heavy atom. The molecule has 5 nitrogen and oxygen atoms in total. The number of rotatable bonds is 1. The number of anilines is 1. The summed E-state index contributed by atoms with van der Waals surface area (Å²) in [5.41, 5.74) is 3.40. The van der Waals surface area contributed by atoms with Gasteiger partial charge in [0.25, 0.3) is 0 Å². The molecule has 0 bridgehead atoms. The fourth-order valence-corrected chi connectivity index (χ4v) is 2.78. The molecule has 0 saturated carbocycles. The highest BCUT2D eigenvalue weighted by Gasteiger charge is 2.14. The Kier molecular flexibility index (Phi) is 2.69. The fraction of sp³-hybridized carbons (Fsp3) is 0.333. The van der Waals surface area contributed by atoms with Gasteiger partial charge in [-0.05, 0) is 31.4 Å². The monoisotopic (exact) mass is 265 g/mol. The molecule has 1 aromatic carbocycles. The number of piperidine rings is 1. The smallest absolute Gasteiger partial charge is 0.147 e.